The van der Waals surface area contributed by atoms with Crippen LogP contribution in [0.1, 0.15) is 16.2 Å². The number of alkyl halides is 4. The number of ether oxygens (including phenoxy) is 2. The fourth-order valence-electron chi connectivity index (χ4n) is 1.08. The van der Waals surface area contributed by atoms with Crippen molar-refractivity contribution in [1.82, 2.24) is 4.98 Å². The van der Waals surface area contributed by atoms with Gasteiger partial charge in [-0.2, -0.15) is 0 Å². The number of methoxy groups -OCH3 is 1. The van der Waals surface area contributed by atoms with Crippen LogP contribution in [0.25, 0.3) is 0 Å². The number of carbonyl (C=O) groups is 1. The van der Waals surface area contributed by atoms with E-state index in [1.165, 1.54) is 0 Å². The molecule has 100 valence electrons. The summed E-state index contributed by atoms with van der Waals surface area (Å²) in [6.45, 7) is 0. The van der Waals surface area contributed by atoms with Crippen LogP contribution in [0.3, 0.4) is 0 Å². The third-order valence-electron chi connectivity index (χ3n) is 1.75. The standard InChI is InChI=1S/C9H7BrF3NO4/c1-17-8(16)6-7(15)5(18-9(11,12)13)2-4(3-10)14-6/h2,15H,3H2,1H3. The molecular formula is C9H7BrF3NO4. The molecule has 0 atom stereocenters. The zero-order valence-electron chi connectivity index (χ0n) is 8.92. The largest absolute Gasteiger partial charge is 0.573 e. The SMILES string of the molecule is COC(=O)c1nc(CBr)cc(OC(F)(F)F)c1O. The van der Waals surface area contributed by atoms with Crippen molar-refractivity contribution in [3.05, 3.63) is 17.5 Å². The molecule has 1 heterocycles. The van der Waals surface area contributed by atoms with Crippen molar-refractivity contribution < 1.29 is 32.5 Å². The van der Waals surface area contributed by atoms with E-state index in [9.17, 15) is 23.1 Å². The van der Waals surface area contributed by atoms with E-state index in [-0.39, 0.29) is 11.0 Å². The Morgan fingerprint density at radius 3 is 2.61 bits per heavy atom. The second-order valence-corrected chi connectivity index (χ2v) is 3.54. The van der Waals surface area contributed by atoms with Gasteiger partial charge in [0.2, 0.25) is 0 Å². The van der Waals surface area contributed by atoms with Gasteiger partial charge in [0.1, 0.15) is 0 Å². The van der Waals surface area contributed by atoms with Crippen LogP contribution in [-0.2, 0) is 10.1 Å². The van der Waals surface area contributed by atoms with Crippen LogP contribution in [0, 0.1) is 0 Å². The molecule has 1 rings (SSSR count). The summed E-state index contributed by atoms with van der Waals surface area (Å²) in [5, 5.41) is 9.54. The molecule has 0 aliphatic rings. The van der Waals surface area contributed by atoms with Gasteiger partial charge >= 0.3 is 12.3 Å². The van der Waals surface area contributed by atoms with E-state index >= 15 is 0 Å². The molecule has 0 amide bonds. The molecule has 0 fully saturated rings. The number of carbonyl (C=O) groups excluding carboxylic acids is 1. The maximum atomic E-state index is 12.1. The Hall–Kier alpha value is -1.51. The predicted octanol–water partition coefficient (Wildman–Crippen LogP) is 2.37. The van der Waals surface area contributed by atoms with Crippen molar-refractivity contribution >= 4 is 21.9 Å². The highest BCUT2D eigenvalue weighted by molar-refractivity contribution is 9.08. The van der Waals surface area contributed by atoms with Gasteiger partial charge in [0.25, 0.3) is 0 Å². The maximum Gasteiger partial charge on any atom is 0.573 e. The first kappa shape index (κ1) is 14.6. The number of nitrogens with zero attached hydrogens (tertiary/aromatic N) is 1. The van der Waals surface area contributed by atoms with Crippen molar-refractivity contribution in [1.29, 1.82) is 0 Å². The van der Waals surface area contributed by atoms with Gasteiger partial charge in [-0.05, 0) is 0 Å². The summed E-state index contributed by atoms with van der Waals surface area (Å²) in [6.07, 6.45) is -4.99. The molecule has 1 aromatic rings. The van der Waals surface area contributed by atoms with Crippen LogP contribution in [0.5, 0.6) is 11.5 Å². The van der Waals surface area contributed by atoms with E-state index in [0.29, 0.717) is 0 Å². The molecule has 0 aliphatic heterocycles. The van der Waals surface area contributed by atoms with Gasteiger partial charge in [0.05, 0.1) is 12.8 Å². The smallest absolute Gasteiger partial charge is 0.503 e. The second-order valence-electron chi connectivity index (χ2n) is 2.98. The molecule has 0 unspecified atom stereocenters. The molecule has 5 nitrogen and oxygen atoms in total. The first-order valence-corrected chi connectivity index (χ1v) is 5.53. The van der Waals surface area contributed by atoms with Gasteiger partial charge in [-0.1, -0.05) is 15.9 Å². The fourth-order valence-corrected chi connectivity index (χ4v) is 1.36. The lowest BCUT2D eigenvalue weighted by atomic mass is 10.2. The molecule has 1 N–H and O–H groups in total. The van der Waals surface area contributed by atoms with Crippen molar-refractivity contribution in [3.63, 3.8) is 0 Å². The van der Waals surface area contributed by atoms with E-state index in [2.05, 4.69) is 30.4 Å². The van der Waals surface area contributed by atoms with Crippen LogP contribution < -0.4 is 4.74 Å². The number of hydrogen-bond acceptors (Lipinski definition) is 5. The van der Waals surface area contributed by atoms with Crippen LogP contribution in [0.15, 0.2) is 6.07 Å². The van der Waals surface area contributed by atoms with Gasteiger partial charge in [0.15, 0.2) is 17.2 Å². The van der Waals surface area contributed by atoms with Gasteiger partial charge in [-0.3, -0.25) is 0 Å². The Labute approximate surface area is 108 Å². The first-order chi connectivity index (χ1) is 8.28. The highest BCUT2D eigenvalue weighted by Crippen LogP contribution is 2.34. The minimum atomic E-state index is -4.99. The molecule has 0 saturated heterocycles. The molecule has 18 heavy (non-hydrogen) atoms. The lowest BCUT2D eigenvalue weighted by molar-refractivity contribution is -0.275. The van der Waals surface area contributed by atoms with E-state index in [4.69, 9.17) is 0 Å². The maximum absolute atomic E-state index is 12.1. The van der Waals surface area contributed by atoms with Gasteiger partial charge in [-0.15, -0.1) is 13.2 Å². The molecule has 9 heteroatoms. The Morgan fingerprint density at radius 1 is 1.56 bits per heavy atom. The second kappa shape index (κ2) is 5.42. The average Bonchev–Trinajstić information content (AvgIpc) is 2.29. The summed E-state index contributed by atoms with van der Waals surface area (Å²) in [5.41, 5.74) is -0.568. The summed E-state index contributed by atoms with van der Waals surface area (Å²) in [4.78, 5) is 14.9. The Bertz CT molecular complexity index is 464. The number of rotatable bonds is 3. The zero-order valence-corrected chi connectivity index (χ0v) is 10.5. The number of aromatic hydroxyl groups is 1. The van der Waals surface area contributed by atoms with Crippen molar-refractivity contribution in [3.8, 4) is 11.5 Å². The predicted molar refractivity (Wildman–Crippen MR) is 56.6 cm³/mol. The van der Waals surface area contributed by atoms with E-state index in [0.717, 1.165) is 13.2 Å². The molecule has 0 saturated carbocycles. The summed E-state index contributed by atoms with van der Waals surface area (Å²) < 4.78 is 44.2. The number of pyridine rings is 1. The van der Waals surface area contributed by atoms with E-state index in [1.807, 2.05) is 0 Å². The molecular weight excluding hydrogens is 323 g/mol. The lowest BCUT2D eigenvalue weighted by Crippen LogP contribution is -2.18. The third-order valence-corrected chi connectivity index (χ3v) is 2.33. The fraction of sp³-hybridized carbons (Fsp3) is 0.333. The number of aromatic nitrogens is 1. The normalized spacial score (nSPS) is 11.2. The monoisotopic (exact) mass is 329 g/mol. The summed E-state index contributed by atoms with van der Waals surface area (Å²) in [7, 11) is 1.01. The van der Waals surface area contributed by atoms with Crippen LogP contribution in [0.2, 0.25) is 0 Å². The van der Waals surface area contributed by atoms with Crippen LogP contribution >= 0.6 is 15.9 Å². The number of esters is 1. The van der Waals surface area contributed by atoms with Crippen molar-refractivity contribution in [2.75, 3.05) is 7.11 Å². The molecule has 0 spiro atoms. The molecule has 1 aromatic heterocycles. The highest BCUT2D eigenvalue weighted by Gasteiger charge is 2.34. The molecule has 0 aliphatic carbocycles. The molecule has 0 bridgehead atoms. The third kappa shape index (κ3) is 3.49. The van der Waals surface area contributed by atoms with E-state index < -0.39 is 29.5 Å². The lowest BCUT2D eigenvalue weighted by Gasteiger charge is -2.12. The average molecular weight is 330 g/mol. The van der Waals surface area contributed by atoms with Crippen molar-refractivity contribution in [2.24, 2.45) is 0 Å². The Morgan fingerprint density at radius 2 is 2.17 bits per heavy atom. The van der Waals surface area contributed by atoms with Gasteiger partial charge < -0.3 is 14.6 Å². The minimum absolute atomic E-state index is 0.0749. The molecule has 0 radical (unpaired) electrons. The Balaban J connectivity index is 3.29. The van der Waals surface area contributed by atoms with Gasteiger partial charge in [-0.25, -0.2) is 9.78 Å². The van der Waals surface area contributed by atoms with Crippen LogP contribution in [0.4, 0.5) is 13.2 Å². The summed E-state index contributed by atoms with van der Waals surface area (Å²) >= 11 is 2.97. The summed E-state index contributed by atoms with van der Waals surface area (Å²) in [5.74, 6) is -3.00. The first-order valence-electron chi connectivity index (χ1n) is 4.41. The quantitative estimate of drug-likeness (QED) is 0.681. The minimum Gasteiger partial charge on any atom is -0.503 e. The number of hydrogen-bond donors (Lipinski definition) is 1. The summed E-state index contributed by atoms with van der Waals surface area (Å²) in [6, 6.07) is 0.865. The topological polar surface area (TPSA) is 68.7 Å². The number of halogens is 4. The highest BCUT2D eigenvalue weighted by atomic mass is 79.9. The van der Waals surface area contributed by atoms with Crippen LogP contribution in [-0.4, -0.2) is 29.5 Å². The van der Waals surface area contributed by atoms with Crippen molar-refractivity contribution in [2.45, 2.75) is 11.7 Å². The van der Waals surface area contributed by atoms with Gasteiger partial charge in [0, 0.05) is 11.4 Å². The Kier molecular flexibility index (Phi) is 4.38. The molecule has 0 aromatic carbocycles. The zero-order chi connectivity index (χ0) is 13.9. The van der Waals surface area contributed by atoms with E-state index in [1.54, 1.807) is 0 Å².